The SMILES string of the molecule is NCc1nc(C(=O)Nc2c(F)cc(F)cc2Br)cs1. The van der Waals surface area contributed by atoms with Crippen LogP contribution in [-0.4, -0.2) is 10.9 Å². The number of nitrogens with two attached hydrogens (primary N) is 1. The second-order valence-electron chi connectivity index (χ2n) is 3.53. The van der Waals surface area contributed by atoms with Gasteiger partial charge in [-0.2, -0.15) is 0 Å². The van der Waals surface area contributed by atoms with Crippen molar-refractivity contribution >= 4 is 38.9 Å². The normalized spacial score (nSPS) is 10.5. The van der Waals surface area contributed by atoms with Gasteiger partial charge in [-0.15, -0.1) is 11.3 Å². The van der Waals surface area contributed by atoms with Crippen LogP contribution in [-0.2, 0) is 6.54 Å². The number of amides is 1. The second-order valence-corrected chi connectivity index (χ2v) is 5.33. The maximum absolute atomic E-state index is 13.5. The van der Waals surface area contributed by atoms with E-state index in [4.69, 9.17) is 5.73 Å². The molecule has 0 saturated carbocycles. The number of nitrogens with zero attached hydrogens (tertiary/aromatic N) is 1. The third-order valence-corrected chi connectivity index (χ3v) is 3.70. The number of aromatic nitrogens is 1. The molecular weight excluding hydrogens is 340 g/mol. The molecule has 0 aliphatic rings. The number of benzene rings is 1. The van der Waals surface area contributed by atoms with Crippen LogP contribution in [0.15, 0.2) is 22.0 Å². The molecule has 0 saturated heterocycles. The number of hydrogen-bond acceptors (Lipinski definition) is 4. The van der Waals surface area contributed by atoms with E-state index in [1.165, 1.54) is 16.7 Å². The summed E-state index contributed by atoms with van der Waals surface area (Å²) >= 11 is 4.22. The van der Waals surface area contributed by atoms with Crippen molar-refractivity contribution in [2.75, 3.05) is 5.32 Å². The number of rotatable bonds is 3. The van der Waals surface area contributed by atoms with E-state index in [0.717, 1.165) is 6.07 Å². The molecular formula is C11H8BrF2N3OS. The summed E-state index contributed by atoms with van der Waals surface area (Å²) in [5.41, 5.74) is 5.40. The van der Waals surface area contributed by atoms with Crippen molar-refractivity contribution in [3.05, 3.63) is 44.3 Å². The Balaban J connectivity index is 2.24. The molecule has 19 heavy (non-hydrogen) atoms. The molecule has 0 atom stereocenters. The van der Waals surface area contributed by atoms with Crippen molar-refractivity contribution in [3.63, 3.8) is 0 Å². The number of anilines is 1. The number of carbonyl (C=O) groups excluding carboxylic acids is 1. The number of carbonyl (C=O) groups is 1. The van der Waals surface area contributed by atoms with E-state index in [-0.39, 0.29) is 22.4 Å². The van der Waals surface area contributed by atoms with E-state index >= 15 is 0 Å². The highest BCUT2D eigenvalue weighted by atomic mass is 79.9. The molecule has 0 fully saturated rings. The Morgan fingerprint density at radius 3 is 2.79 bits per heavy atom. The van der Waals surface area contributed by atoms with Gasteiger partial charge in [0, 0.05) is 22.5 Å². The van der Waals surface area contributed by atoms with Gasteiger partial charge in [-0.25, -0.2) is 13.8 Å². The lowest BCUT2D eigenvalue weighted by Gasteiger charge is -2.07. The topological polar surface area (TPSA) is 68.0 Å². The van der Waals surface area contributed by atoms with E-state index in [2.05, 4.69) is 26.2 Å². The lowest BCUT2D eigenvalue weighted by atomic mass is 10.3. The third kappa shape index (κ3) is 3.14. The second kappa shape index (κ2) is 5.72. The minimum atomic E-state index is -0.866. The maximum atomic E-state index is 13.5. The molecule has 0 aliphatic heterocycles. The third-order valence-electron chi connectivity index (χ3n) is 2.20. The van der Waals surface area contributed by atoms with Gasteiger partial charge in [-0.1, -0.05) is 0 Å². The zero-order valence-corrected chi connectivity index (χ0v) is 11.8. The average molecular weight is 348 g/mol. The van der Waals surface area contributed by atoms with E-state index in [0.29, 0.717) is 11.1 Å². The van der Waals surface area contributed by atoms with Crippen LogP contribution in [0.2, 0.25) is 0 Å². The largest absolute Gasteiger partial charge is 0.325 e. The highest BCUT2D eigenvalue weighted by molar-refractivity contribution is 9.10. The molecule has 8 heteroatoms. The molecule has 0 spiro atoms. The summed E-state index contributed by atoms with van der Waals surface area (Å²) in [6.07, 6.45) is 0. The summed E-state index contributed by atoms with van der Waals surface area (Å²) in [5, 5.41) is 4.46. The fourth-order valence-corrected chi connectivity index (χ4v) is 2.51. The Morgan fingerprint density at radius 1 is 1.47 bits per heavy atom. The Labute approximate surface area is 119 Å². The van der Waals surface area contributed by atoms with Crippen LogP contribution in [0.1, 0.15) is 15.5 Å². The van der Waals surface area contributed by atoms with Gasteiger partial charge in [0.05, 0.1) is 5.69 Å². The van der Waals surface area contributed by atoms with Crippen LogP contribution in [0.3, 0.4) is 0 Å². The first-order valence-corrected chi connectivity index (χ1v) is 6.79. The Morgan fingerprint density at radius 2 is 2.21 bits per heavy atom. The number of nitrogens with one attached hydrogen (secondary N) is 1. The van der Waals surface area contributed by atoms with Crippen LogP contribution in [0.25, 0.3) is 0 Å². The first-order chi connectivity index (χ1) is 9.01. The van der Waals surface area contributed by atoms with Gasteiger partial charge >= 0.3 is 0 Å². The monoisotopic (exact) mass is 347 g/mol. The van der Waals surface area contributed by atoms with E-state index in [1.807, 2.05) is 0 Å². The Bertz CT molecular complexity index is 609. The summed E-state index contributed by atoms with van der Waals surface area (Å²) < 4.78 is 26.6. The molecule has 1 heterocycles. The van der Waals surface area contributed by atoms with Gasteiger partial charge in [0.1, 0.15) is 16.5 Å². The molecule has 2 rings (SSSR count). The minimum Gasteiger partial charge on any atom is -0.325 e. The molecule has 1 aromatic heterocycles. The predicted octanol–water partition coefficient (Wildman–Crippen LogP) is 2.89. The number of thiazole rings is 1. The van der Waals surface area contributed by atoms with Crippen LogP contribution in [0, 0.1) is 11.6 Å². The smallest absolute Gasteiger partial charge is 0.275 e. The number of halogens is 3. The van der Waals surface area contributed by atoms with Crippen molar-refractivity contribution in [2.45, 2.75) is 6.54 Å². The quantitative estimate of drug-likeness (QED) is 0.896. The molecule has 100 valence electrons. The predicted molar refractivity (Wildman–Crippen MR) is 72.0 cm³/mol. The van der Waals surface area contributed by atoms with Gasteiger partial charge in [0.2, 0.25) is 0 Å². The number of hydrogen-bond donors (Lipinski definition) is 2. The van der Waals surface area contributed by atoms with E-state index in [9.17, 15) is 13.6 Å². The van der Waals surface area contributed by atoms with Gasteiger partial charge in [0.25, 0.3) is 5.91 Å². The van der Waals surface area contributed by atoms with Gasteiger partial charge < -0.3 is 11.1 Å². The first kappa shape index (κ1) is 14.0. The summed E-state index contributed by atoms with van der Waals surface area (Å²) in [4.78, 5) is 15.8. The molecule has 2 aromatic rings. The fourth-order valence-electron chi connectivity index (χ4n) is 1.35. The van der Waals surface area contributed by atoms with E-state index < -0.39 is 17.5 Å². The van der Waals surface area contributed by atoms with Gasteiger partial charge in [-0.3, -0.25) is 4.79 Å². The highest BCUT2D eigenvalue weighted by Gasteiger charge is 2.16. The summed E-state index contributed by atoms with van der Waals surface area (Å²) in [7, 11) is 0. The Kier molecular flexibility index (Phi) is 4.23. The molecule has 0 radical (unpaired) electrons. The summed E-state index contributed by atoms with van der Waals surface area (Å²) in [6.45, 7) is 0.229. The first-order valence-electron chi connectivity index (χ1n) is 5.11. The lowest BCUT2D eigenvalue weighted by molar-refractivity contribution is 0.102. The molecule has 1 amide bonds. The zero-order chi connectivity index (χ0) is 14.0. The van der Waals surface area contributed by atoms with Crippen molar-refractivity contribution in [1.82, 2.24) is 4.98 Å². The highest BCUT2D eigenvalue weighted by Crippen LogP contribution is 2.27. The van der Waals surface area contributed by atoms with Crippen molar-refractivity contribution in [2.24, 2.45) is 5.73 Å². The summed E-state index contributed by atoms with van der Waals surface area (Å²) in [6, 6.07) is 1.75. The van der Waals surface area contributed by atoms with Crippen LogP contribution >= 0.6 is 27.3 Å². The van der Waals surface area contributed by atoms with Crippen molar-refractivity contribution in [1.29, 1.82) is 0 Å². The fraction of sp³-hybridized carbons (Fsp3) is 0.0909. The zero-order valence-electron chi connectivity index (χ0n) is 9.41. The molecule has 0 bridgehead atoms. The Hall–Kier alpha value is -1.38. The van der Waals surface area contributed by atoms with Crippen LogP contribution < -0.4 is 11.1 Å². The maximum Gasteiger partial charge on any atom is 0.275 e. The van der Waals surface area contributed by atoms with Crippen LogP contribution in [0.4, 0.5) is 14.5 Å². The average Bonchev–Trinajstić information content (AvgIpc) is 2.82. The molecule has 0 aliphatic carbocycles. The van der Waals surface area contributed by atoms with E-state index in [1.54, 1.807) is 0 Å². The minimum absolute atomic E-state index is 0.118. The molecule has 0 unspecified atom stereocenters. The van der Waals surface area contributed by atoms with Crippen molar-refractivity contribution in [3.8, 4) is 0 Å². The van der Waals surface area contributed by atoms with Crippen molar-refractivity contribution < 1.29 is 13.6 Å². The van der Waals surface area contributed by atoms with Crippen LogP contribution in [0.5, 0.6) is 0 Å². The van der Waals surface area contributed by atoms with Gasteiger partial charge in [-0.05, 0) is 22.0 Å². The van der Waals surface area contributed by atoms with Gasteiger partial charge in [0.15, 0.2) is 5.82 Å². The lowest BCUT2D eigenvalue weighted by Crippen LogP contribution is -2.14. The molecule has 1 aromatic carbocycles. The summed E-state index contributed by atoms with van der Waals surface area (Å²) in [5.74, 6) is -2.18. The molecule has 4 nitrogen and oxygen atoms in total. The standard InChI is InChI=1S/C11H8BrF2N3OS/c12-6-1-5(13)2-7(14)10(6)17-11(18)8-4-19-9(3-15)16-8/h1-2,4H,3,15H2,(H,17,18). The molecule has 3 N–H and O–H groups in total.